The number of nitrogens with one attached hydrogen (secondary N) is 1. The van der Waals surface area contributed by atoms with Crippen LogP contribution in [-0.2, 0) is 14.3 Å². The summed E-state index contributed by atoms with van der Waals surface area (Å²) in [5.74, 6) is -2.76. The van der Waals surface area contributed by atoms with E-state index in [-0.39, 0.29) is 17.1 Å². The van der Waals surface area contributed by atoms with Gasteiger partial charge in [-0.1, -0.05) is 18.2 Å². The summed E-state index contributed by atoms with van der Waals surface area (Å²) in [5, 5.41) is 12.4. The lowest BCUT2D eigenvalue weighted by Crippen LogP contribution is -2.64. The smallest absolute Gasteiger partial charge is 0.437 e. The molecule has 1 aromatic carbocycles. The van der Waals surface area contributed by atoms with Crippen molar-refractivity contribution in [2.24, 2.45) is 0 Å². The lowest BCUT2D eigenvalue weighted by molar-refractivity contribution is -0.309. The van der Waals surface area contributed by atoms with E-state index < -0.39 is 54.8 Å². The summed E-state index contributed by atoms with van der Waals surface area (Å²) >= 11 is 0. The van der Waals surface area contributed by atoms with Crippen LogP contribution in [0.5, 0.6) is 0 Å². The zero-order chi connectivity index (χ0) is 20.9. The first kappa shape index (κ1) is 21.4. The highest BCUT2D eigenvalue weighted by molar-refractivity contribution is 6.03. The Hall–Kier alpha value is -2.88. The topological polar surface area (TPSA) is 95.9 Å². The van der Waals surface area contributed by atoms with E-state index in [1.54, 1.807) is 18.2 Å². The predicted octanol–water partition coefficient (Wildman–Crippen LogP) is 1.74. The molecule has 2 N–H and O–H groups in total. The van der Waals surface area contributed by atoms with E-state index in [9.17, 15) is 32.7 Å². The molecule has 28 heavy (non-hydrogen) atoms. The summed E-state index contributed by atoms with van der Waals surface area (Å²) in [5.41, 5.74) is -3.70. The predicted molar refractivity (Wildman–Crippen MR) is 90.6 cm³/mol. The van der Waals surface area contributed by atoms with Crippen LogP contribution >= 0.6 is 0 Å². The largest absolute Gasteiger partial charge is 0.466 e. The third-order valence-corrected chi connectivity index (χ3v) is 4.10. The van der Waals surface area contributed by atoms with Crippen LogP contribution in [0, 0.1) is 0 Å². The second kappa shape index (κ2) is 8.42. The average molecular weight is 400 g/mol. The molecule has 0 unspecified atom stereocenters. The highest BCUT2D eigenvalue weighted by Crippen LogP contribution is 2.39. The summed E-state index contributed by atoms with van der Waals surface area (Å²) in [6, 6.07) is 7.77. The maximum Gasteiger partial charge on any atom is 0.437 e. The van der Waals surface area contributed by atoms with E-state index >= 15 is 0 Å². The first-order valence-corrected chi connectivity index (χ1v) is 8.43. The molecule has 0 radical (unpaired) electrons. The first-order chi connectivity index (χ1) is 13.1. The van der Waals surface area contributed by atoms with Gasteiger partial charge in [0.1, 0.15) is 5.70 Å². The molecule has 0 fully saturated rings. The monoisotopic (exact) mass is 400 g/mol. The van der Waals surface area contributed by atoms with Crippen molar-refractivity contribution in [2.45, 2.75) is 31.7 Å². The first-order valence-electron chi connectivity index (χ1n) is 8.43. The highest BCUT2D eigenvalue weighted by Gasteiger charge is 2.60. The van der Waals surface area contributed by atoms with Gasteiger partial charge in [0.25, 0.3) is 11.8 Å². The number of carbonyl (C=O) groups is 3. The van der Waals surface area contributed by atoms with Gasteiger partial charge < -0.3 is 20.1 Å². The molecule has 0 bridgehead atoms. The van der Waals surface area contributed by atoms with Crippen molar-refractivity contribution in [1.29, 1.82) is 0 Å². The molecule has 10 heteroatoms. The van der Waals surface area contributed by atoms with Crippen molar-refractivity contribution in [3.63, 3.8) is 0 Å². The number of halogens is 3. The Morgan fingerprint density at radius 2 is 1.93 bits per heavy atom. The normalized spacial score (nSPS) is 19.8. The fourth-order valence-electron chi connectivity index (χ4n) is 2.64. The van der Waals surface area contributed by atoms with Gasteiger partial charge >= 0.3 is 12.1 Å². The Kier molecular flexibility index (Phi) is 6.45. The second-order valence-corrected chi connectivity index (χ2v) is 5.97. The highest BCUT2D eigenvalue weighted by atomic mass is 19.4. The standard InChI is InChI=1S/C18H19F3N2O5/c1-2-28-14(24)9-11-23-16(26)13(8-10-17(23,27)18(19,20)21)22-15(25)12-6-4-3-5-7-12/h3-8,27H,2,9-11H2,1H3,(H,22,25)/t17-/m0/s1. The van der Waals surface area contributed by atoms with Gasteiger partial charge in [0.2, 0.25) is 5.72 Å². The van der Waals surface area contributed by atoms with Crippen molar-refractivity contribution in [3.8, 4) is 0 Å². The van der Waals surface area contributed by atoms with Gasteiger partial charge in [0.05, 0.1) is 13.0 Å². The third-order valence-electron chi connectivity index (χ3n) is 4.10. The number of esters is 1. The number of aliphatic hydroxyl groups is 1. The number of rotatable bonds is 6. The van der Waals surface area contributed by atoms with Gasteiger partial charge in [-0.15, -0.1) is 0 Å². The molecule has 1 heterocycles. The number of ether oxygens (including phenoxy) is 1. The molecule has 2 amide bonds. The number of amides is 2. The van der Waals surface area contributed by atoms with Gasteiger partial charge in [0, 0.05) is 18.5 Å². The minimum absolute atomic E-state index is 0.0224. The molecule has 7 nitrogen and oxygen atoms in total. The Balaban J connectivity index is 2.24. The molecule has 2 rings (SSSR count). The van der Waals surface area contributed by atoms with Crippen LogP contribution in [0.1, 0.15) is 30.1 Å². The Morgan fingerprint density at radius 3 is 2.50 bits per heavy atom. The molecule has 1 aromatic rings. The van der Waals surface area contributed by atoms with E-state index in [1.165, 1.54) is 19.1 Å². The third kappa shape index (κ3) is 4.50. The molecule has 0 saturated heterocycles. The number of alkyl halides is 3. The second-order valence-electron chi connectivity index (χ2n) is 5.97. The zero-order valence-electron chi connectivity index (χ0n) is 15.0. The molecule has 152 valence electrons. The van der Waals surface area contributed by atoms with E-state index in [0.29, 0.717) is 0 Å². The van der Waals surface area contributed by atoms with Crippen LogP contribution in [0.2, 0.25) is 0 Å². The van der Waals surface area contributed by atoms with Crippen LogP contribution in [0.25, 0.3) is 0 Å². The minimum Gasteiger partial charge on any atom is -0.466 e. The molecular weight excluding hydrogens is 381 g/mol. The molecule has 1 aliphatic heterocycles. The quantitative estimate of drug-likeness (QED) is 0.710. The fraction of sp³-hybridized carbons (Fsp3) is 0.389. The zero-order valence-corrected chi connectivity index (χ0v) is 15.0. The number of hydrogen-bond acceptors (Lipinski definition) is 5. The lowest BCUT2D eigenvalue weighted by atomic mass is 10.00. The fourth-order valence-corrected chi connectivity index (χ4v) is 2.64. The van der Waals surface area contributed by atoms with E-state index in [0.717, 1.165) is 6.08 Å². The lowest BCUT2D eigenvalue weighted by Gasteiger charge is -2.42. The van der Waals surface area contributed by atoms with Gasteiger partial charge in [-0.2, -0.15) is 13.2 Å². The van der Waals surface area contributed by atoms with Gasteiger partial charge in [-0.3, -0.25) is 14.4 Å². The van der Waals surface area contributed by atoms with Crippen LogP contribution in [-0.4, -0.2) is 52.8 Å². The molecule has 1 atom stereocenters. The number of nitrogens with zero attached hydrogens (tertiary/aromatic N) is 1. The SMILES string of the molecule is CCOC(=O)CCN1C(=O)C(NC(=O)c2ccccc2)=CC[C@]1(O)C(F)(F)F. The maximum atomic E-state index is 13.4. The van der Waals surface area contributed by atoms with Crippen LogP contribution in [0.15, 0.2) is 42.1 Å². The number of benzene rings is 1. The molecular formula is C18H19F3N2O5. The van der Waals surface area contributed by atoms with Gasteiger partial charge in [-0.25, -0.2) is 0 Å². The summed E-state index contributed by atoms with van der Waals surface area (Å²) in [6.45, 7) is 0.816. The van der Waals surface area contributed by atoms with Crippen molar-refractivity contribution in [2.75, 3.05) is 13.2 Å². The van der Waals surface area contributed by atoms with E-state index in [2.05, 4.69) is 10.1 Å². The van der Waals surface area contributed by atoms with Gasteiger partial charge in [-0.05, 0) is 25.1 Å². The van der Waals surface area contributed by atoms with Crippen LogP contribution in [0.3, 0.4) is 0 Å². The summed E-state index contributed by atoms with van der Waals surface area (Å²) in [4.78, 5) is 36.4. The van der Waals surface area contributed by atoms with Crippen molar-refractivity contribution < 1.29 is 37.4 Å². The van der Waals surface area contributed by atoms with Gasteiger partial charge in [0.15, 0.2) is 0 Å². The Labute approximate surface area is 158 Å². The average Bonchev–Trinajstić information content (AvgIpc) is 2.64. The van der Waals surface area contributed by atoms with Crippen molar-refractivity contribution in [3.05, 3.63) is 47.7 Å². The van der Waals surface area contributed by atoms with E-state index in [1.807, 2.05) is 0 Å². The van der Waals surface area contributed by atoms with Crippen molar-refractivity contribution in [1.82, 2.24) is 10.2 Å². The molecule has 0 aliphatic carbocycles. The van der Waals surface area contributed by atoms with Crippen LogP contribution in [0.4, 0.5) is 13.2 Å². The summed E-state index contributed by atoms with van der Waals surface area (Å²) in [6.07, 6.45) is -5.88. The molecule has 1 aliphatic rings. The number of hydrogen-bond donors (Lipinski definition) is 2. The molecule has 0 aromatic heterocycles. The van der Waals surface area contributed by atoms with Crippen LogP contribution < -0.4 is 5.32 Å². The summed E-state index contributed by atoms with van der Waals surface area (Å²) < 4.78 is 44.8. The van der Waals surface area contributed by atoms with Crippen molar-refractivity contribution >= 4 is 17.8 Å². The van der Waals surface area contributed by atoms with E-state index in [4.69, 9.17) is 0 Å². The maximum absolute atomic E-state index is 13.4. The minimum atomic E-state index is -5.16. The summed E-state index contributed by atoms with van der Waals surface area (Å²) in [7, 11) is 0. The Morgan fingerprint density at radius 1 is 1.29 bits per heavy atom. The molecule has 0 saturated carbocycles. The molecule has 0 spiro atoms. The number of carbonyl (C=O) groups excluding carboxylic acids is 3. The Bertz CT molecular complexity index is 779.